The number of hydrazine groups is 1. The fourth-order valence-corrected chi connectivity index (χ4v) is 3.11. The molecular formula is C16H15BrFN3O2. The zero-order valence-corrected chi connectivity index (χ0v) is 13.9. The Balaban J connectivity index is 1.54. The predicted molar refractivity (Wildman–Crippen MR) is 86.0 cm³/mol. The highest BCUT2D eigenvalue weighted by Crippen LogP contribution is 2.47. The number of amides is 2. The molecule has 0 aliphatic heterocycles. The molecule has 2 atom stereocenters. The smallest absolute Gasteiger partial charge is 0.286 e. The Morgan fingerprint density at radius 1 is 1.26 bits per heavy atom. The number of aryl methyl sites for hydroxylation is 1. The zero-order valence-electron chi connectivity index (χ0n) is 12.3. The van der Waals surface area contributed by atoms with E-state index in [1.165, 1.54) is 12.1 Å². The maximum Gasteiger partial charge on any atom is 0.286 e. The molecule has 0 bridgehead atoms. The minimum Gasteiger partial charge on any atom is -0.345 e. The second-order valence-electron chi connectivity index (χ2n) is 5.60. The van der Waals surface area contributed by atoms with Gasteiger partial charge in [-0.2, -0.15) is 0 Å². The van der Waals surface area contributed by atoms with Crippen molar-refractivity contribution in [3.05, 3.63) is 58.1 Å². The van der Waals surface area contributed by atoms with Gasteiger partial charge in [0.15, 0.2) is 0 Å². The van der Waals surface area contributed by atoms with E-state index in [0.29, 0.717) is 12.1 Å². The first-order chi connectivity index (χ1) is 11.0. The Morgan fingerprint density at radius 3 is 2.57 bits per heavy atom. The molecule has 1 aliphatic rings. The predicted octanol–water partition coefficient (Wildman–Crippen LogP) is 2.49. The van der Waals surface area contributed by atoms with Crippen LogP contribution in [0.25, 0.3) is 0 Å². The molecule has 1 aromatic heterocycles. The number of nitrogens with one attached hydrogen (secondary N) is 2. The average Bonchev–Trinajstić information content (AvgIpc) is 3.24. The average molecular weight is 380 g/mol. The van der Waals surface area contributed by atoms with Crippen LogP contribution in [0.4, 0.5) is 4.39 Å². The molecular weight excluding hydrogens is 365 g/mol. The van der Waals surface area contributed by atoms with Crippen molar-refractivity contribution in [2.45, 2.75) is 12.3 Å². The third kappa shape index (κ3) is 3.44. The van der Waals surface area contributed by atoms with Crippen molar-refractivity contribution in [2.24, 2.45) is 13.0 Å². The van der Waals surface area contributed by atoms with Crippen LogP contribution in [0, 0.1) is 11.7 Å². The van der Waals surface area contributed by atoms with Gasteiger partial charge in [0.2, 0.25) is 5.91 Å². The molecule has 2 aromatic rings. The monoisotopic (exact) mass is 379 g/mol. The number of hydrogen-bond donors (Lipinski definition) is 2. The lowest BCUT2D eigenvalue weighted by Gasteiger charge is -2.08. The lowest BCUT2D eigenvalue weighted by molar-refractivity contribution is -0.123. The Hall–Kier alpha value is -2.15. The Labute approximate surface area is 141 Å². The van der Waals surface area contributed by atoms with Gasteiger partial charge in [-0.25, -0.2) is 4.39 Å². The van der Waals surface area contributed by atoms with Gasteiger partial charge in [-0.15, -0.1) is 0 Å². The van der Waals surface area contributed by atoms with Crippen LogP contribution in [0.5, 0.6) is 0 Å². The molecule has 2 N–H and O–H groups in total. The van der Waals surface area contributed by atoms with Gasteiger partial charge >= 0.3 is 0 Å². The molecule has 1 saturated carbocycles. The summed E-state index contributed by atoms with van der Waals surface area (Å²) >= 11 is 3.29. The maximum atomic E-state index is 12.9. The van der Waals surface area contributed by atoms with E-state index in [2.05, 4.69) is 26.8 Å². The maximum absolute atomic E-state index is 12.9. The summed E-state index contributed by atoms with van der Waals surface area (Å²) in [6.07, 6.45) is 2.45. The highest BCUT2D eigenvalue weighted by atomic mass is 79.9. The van der Waals surface area contributed by atoms with Crippen LogP contribution in [-0.2, 0) is 11.8 Å². The van der Waals surface area contributed by atoms with Crippen LogP contribution in [0.3, 0.4) is 0 Å². The van der Waals surface area contributed by atoms with Crippen molar-refractivity contribution >= 4 is 27.7 Å². The molecule has 0 saturated heterocycles. The SMILES string of the molecule is Cn1cc(Br)cc1C(=O)NNC(=O)C1CC1c1ccc(F)cc1. The van der Waals surface area contributed by atoms with E-state index in [4.69, 9.17) is 0 Å². The zero-order chi connectivity index (χ0) is 16.6. The van der Waals surface area contributed by atoms with Gasteiger partial charge in [0.25, 0.3) is 5.91 Å². The van der Waals surface area contributed by atoms with E-state index in [0.717, 1.165) is 10.0 Å². The van der Waals surface area contributed by atoms with Crippen LogP contribution >= 0.6 is 15.9 Å². The van der Waals surface area contributed by atoms with Crippen LogP contribution < -0.4 is 10.9 Å². The number of hydrogen-bond acceptors (Lipinski definition) is 2. The Kier molecular flexibility index (Phi) is 4.21. The number of nitrogens with zero attached hydrogens (tertiary/aromatic N) is 1. The summed E-state index contributed by atoms with van der Waals surface area (Å²) in [6.45, 7) is 0. The summed E-state index contributed by atoms with van der Waals surface area (Å²) in [7, 11) is 1.74. The minimum atomic E-state index is -0.384. The minimum absolute atomic E-state index is 0.0803. The number of carbonyl (C=O) groups is 2. The molecule has 1 aliphatic carbocycles. The molecule has 0 radical (unpaired) electrons. The third-order valence-electron chi connectivity index (χ3n) is 3.93. The van der Waals surface area contributed by atoms with Crippen molar-refractivity contribution < 1.29 is 14.0 Å². The van der Waals surface area contributed by atoms with Crippen molar-refractivity contribution in [3.63, 3.8) is 0 Å². The second kappa shape index (κ2) is 6.16. The van der Waals surface area contributed by atoms with Gasteiger partial charge in [-0.3, -0.25) is 20.4 Å². The van der Waals surface area contributed by atoms with E-state index < -0.39 is 0 Å². The van der Waals surface area contributed by atoms with Crippen LogP contribution in [0.2, 0.25) is 0 Å². The first-order valence-corrected chi connectivity index (χ1v) is 7.92. The lowest BCUT2D eigenvalue weighted by Crippen LogP contribution is -2.43. The quantitative estimate of drug-likeness (QED) is 0.804. The molecule has 2 amide bonds. The molecule has 1 heterocycles. The van der Waals surface area contributed by atoms with Gasteiger partial charge in [-0.1, -0.05) is 12.1 Å². The molecule has 23 heavy (non-hydrogen) atoms. The van der Waals surface area contributed by atoms with Gasteiger partial charge in [0.1, 0.15) is 11.5 Å². The van der Waals surface area contributed by atoms with E-state index in [1.54, 1.807) is 36.0 Å². The largest absolute Gasteiger partial charge is 0.345 e. The third-order valence-corrected chi connectivity index (χ3v) is 4.36. The molecule has 0 spiro atoms. The summed E-state index contributed by atoms with van der Waals surface area (Å²) in [4.78, 5) is 24.1. The van der Waals surface area contributed by atoms with Gasteiger partial charge in [0, 0.05) is 23.6 Å². The Bertz CT molecular complexity index is 757. The second-order valence-corrected chi connectivity index (χ2v) is 6.51. The number of benzene rings is 1. The first-order valence-electron chi connectivity index (χ1n) is 7.13. The highest BCUT2D eigenvalue weighted by Gasteiger charge is 2.44. The molecule has 5 nitrogen and oxygen atoms in total. The van der Waals surface area contributed by atoms with Crippen molar-refractivity contribution in [2.75, 3.05) is 0 Å². The number of carbonyl (C=O) groups excluding carboxylic acids is 2. The molecule has 1 fully saturated rings. The molecule has 1 aromatic carbocycles. The molecule has 7 heteroatoms. The van der Waals surface area contributed by atoms with Crippen LogP contribution in [-0.4, -0.2) is 16.4 Å². The van der Waals surface area contributed by atoms with Gasteiger partial charge in [-0.05, 0) is 52.0 Å². The summed E-state index contributed by atoms with van der Waals surface area (Å²) in [5.74, 6) is -1.03. The number of rotatable bonds is 3. The van der Waals surface area contributed by atoms with Crippen molar-refractivity contribution in [1.82, 2.24) is 15.4 Å². The van der Waals surface area contributed by atoms with E-state index in [9.17, 15) is 14.0 Å². The molecule has 3 rings (SSSR count). The summed E-state index contributed by atoms with van der Waals surface area (Å²) < 4.78 is 15.3. The van der Waals surface area contributed by atoms with Crippen LogP contribution in [0.1, 0.15) is 28.4 Å². The fourth-order valence-electron chi connectivity index (χ4n) is 2.59. The van der Waals surface area contributed by atoms with E-state index >= 15 is 0 Å². The topological polar surface area (TPSA) is 63.1 Å². The normalized spacial score (nSPS) is 19.3. The highest BCUT2D eigenvalue weighted by molar-refractivity contribution is 9.10. The summed E-state index contributed by atoms with van der Waals surface area (Å²) in [5, 5.41) is 0. The number of halogens is 2. The van der Waals surface area contributed by atoms with Crippen LogP contribution in [0.15, 0.2) is 41.0 Å². The van der Waals surface area contributed by atoms with Gasteiger partial charge < -0.3 is 4.57 Å². The fraction of sp³-hybridized carbons (Fsp3) is 0.250. The number of aromatic nitrogens is 1. The first kappa shape index (κ1) is 15.7. The van der Waals surface area contributed by atoms with E-state index in [1.807, 2.05) is 0 Å². The molecule has 120 valence electrons. The van der Waals surface area contributed by atoms with Crippen molar-refractivity contribution in [1.29, 1.82) is 0 Å². The van der Waals surface area contributed by atoms with Gasteiger partial charge in [0.05, 0.1) is 0 Å². The van der Waals surface area contributed by atoms with Crippen molar-refractivity contribution in [3.8, 4) is 0 Å². The lowest BCUT2D eigenvalue weighted by atomic mass is 10.1. The summed E-state index contributed by atoms with van der Waals surface area (Å²) in [5.41, 5.74) is 6.23. The van der Waals surface area contributed by atoms with E-state index in [-0.39, 0.29) is 29.5 Å². The standard InChI is InChI=1S/C16H15BrFN3O2/c1-21-8-10(17)6-14(21)16(23)20-19-15(22)13-7-12(13)9-2-4-11(18)5-3-9/h2-6,8,12-13H,7H2,1H3,(H,19,22)(H,20,23). The summed E-state index contributed by atoms with van der Waals surface area (Å²) in [6, 6.07) is 7.82. The Morgan fingerprint density at radius 2 is 1.96 bits per heavy atom. The molecule has 2 unspecified atom stereocenters.